The van der Waals surface area contributed by atoms with E-state index in [1.807, 2.05) is 35.0 Å². The summed E-state index contributed by atoms with van der Waals surface area (Å²) in [6.07, 6.45) is 10.0. The van der Waals surface area contributed by atoms with Crippen molar-refractivity contribution in [2.75, 3.05) is 30.8 Å². The van der Waals surface area contributed by atoms with Crippen LogP contribution < -0.4 is 21.7 Å². The van der Waals surface area contributed by atoms with E-state index in [4.69, 9.17) is 28.1 Å². The number of nitrogens with one attached hydrogen (secondary N) is 1. The molecule has 1 saturated heterocycles. The molecule has 4 heterocycles. The van der Waals surface area contributed by atoms with Gasteiger partial charge in [0.05, 0.1) is 9.92 Å². The fourth-order valence-electron chi connectivity index (χ4n) is 5.60. The summed E-state index contributed by atoms with van der Waals surface area (Å²) in [6, 6.07) is 7.89. The molecule has 9 nitrogen and oxygen atoms in total. The van der Waals surface area contributed by atoms with Gasteiger partial charge in [-0.1, -0.05) is 35.3 Å². The van der Waals surface area contributed by atoms with Crippen molar-refractivity contribution in [3.8, 4) is 11.8 Å². The van der Waals surface area contributed by atoms with Crippen molar-refractivity contribution < 1.29 is 4.79 Å². The number of aromatic nitrogens is 4. The molecule has 1 atom stereocenters. The van der Waals surface area contributed by atoms with Crippen LogP contribution in [0.25, 0.3) is 5.65 Å². The summed E-state index contributed by atoms with van der Waals surface area (Å²) in [6.45, 7) is 1.68. The van der Waals surface area contributed by atoms with Gasteiger partial charge in [0.1, 0.15) is 5.82 Å². The van der Waals surface area contributed by atoms with E-state index in [1.165, 1.54) is 17.3 Å². The van der Waals surface area contributed by atoms with E-state index in [0.29, 0.717) is 10.8 Å². The van der Waals surface area contributed by atoms with Crippen LogP contribution in [0, 0.1) is 17.3 Å². The van der Waals surface area contributed by atoms with Gasteiger partial charge in [0.15, 0.2) is 5.65 Å². The van der Waals surface area contributed by atoms with E-state index in [9.17, 15) is 4.79 Å². The Balaban J connectivity index is 1.20. The molecule has 1 aliphatic carbocycles. The number of carbonyl (C=O) groups excluding carboxylic acids is 1. The highest BCUT2D eigenvalue weighted by molar-refractivity contribution is 7.99. The highest BCUT2D eigenvalue weighted by atomic mass is 35.5. The number of anilines is 2. The van der Waals surface area contributed by atoms with Gasteiger partial charge < -0.3 is 21.7 Å². The van der Waals surface area contributed by atoms with E-state index >= 15 is 0 Å². The number of nitrogen functional groups attached to an aromatic ring is 1. The quantitative estimate of drug-likeness (QED) is 0.326. The molecule has 1 amide bonds. The molecule has 4 aromatic rings. The van der Waals surface area contributed by atoms with Gasteiger partial charge in [-0.2, -0.15) is 0 Å². The number of pyridine rings is 1. The number of nitrogens with zero attached hydrogens (tertiary/aromatic N) is 5. The summed E-state index contributed by atoms with van der Waals surface area (Å²) in [5, 5.41) is 2.95. The molecule has 5 N–H and O–H groups in total. The smallest absolute Gasteiger partial charge is 0.295 e. The predicted octanol–water partition coefficient (Wildman–Crippen LogP) is 3.45. The number of benzene rings is 1. The lowest BCUT2D eigenvalue weighted by Gasteiger charge is -2.42. The second-order valence-corrected chi connectivity index (χ2v) is 11.4. The maximum absolute atomic E-state index is 11.5. The number of amides is 1. The third-order valence-corrected chi connectivity index (χ3v) is 9.32. The summed E-state index contributed by atoms with van der Waals surface area (Å²) >= 11 is 7.84. The van der Waals surface area contributed by atoms with Gasteiger partial charge in [-0.05, 0) is 54.0 Å². The van der Waals surface area contributed by atoms with E-state index in [-0.39, 0.29) is 17.4 Å². The zero-order valence-electron chi connectivity index (χ0n) is 21.3. The van der Waals surface area contributed by atoms with Crippen molar-refractivity contribution in [2.45, 2.75) is 35.1 Å². The Bertz CT molecular complexity index is 1650. The highest BCUT2D eigenvalue weighted by Gasteiger charge is 2.46. The minimum atomic E-state index is -0.304. The number of piperidine rings is 1. The van der Waals surface area contributed by atoms with Gasteiger partial charge in [-0.15, -0.1) is 0 Å². The molecule has 1 aromatic carbocycles. The SMILES string of the molecule is CNC(=O)C#Cc1ccc2c(c1)[C@@H](N)C1(CCN(c3ncc(Sc4ccnc(N)c4Cl)c4nccn34)CC1)C2. The lowest BCUT2D eigenvalue weighted by molar-refractivity contribution is -0.115. The van der Waals surface area contributed by atoms with Crippen molar-refractivity contribution in [2.24, 2.45) is 11.1 Å². The molecule has 1 spiro atoms. The molecule has 198 valence electrons. The van der Waals surface area contributed by atoms with Crippen molar-refractivity contribution in [1.29, 1.82) is 0 Å². The average molecular weight is 559 g/mol. The molecule has 0 radical (unpaired) electrons. The summed E-state index contributed by atoms with van der Waals surface area (Å²) in [4.78, 5) is 29.0. The predicted molar refractivity (Wildman–Crippen MR) is 153 cm³/mol. The summed E-state index contributed by atoms with van der Waals surface area (Å²) in [7, 11) is 1.57. The number of nitrogens with two attached hydrogens (primary N) is 2. The molecule has 1 fully saturated rings. The third kappa shape index (κ3) is 4.56. The Kier molecular flexibility index (Phi) is 6.59. The summed E-state index contributed by atoms with van der Waals surface area (Å²) < 4.78 is 2.03. The first-order valence-electron chi connectivity index (χ1n) is 12.7. The van der Waals surface area contributed by atoms with Gasteiger partial charge in [0.25, 0.3) is 5.91 Å². The number of rotatable bonds is 3. The van der Waals surface area contributed by atoms with Gasteiger partial charge in [0, 0.05) is 67.3 Å². The second-order valence-electron chi connectivity index (χ2n) is 9.90. The first kappa shape index (κ1) is 25.5. The van der Waals surface area contributed by atoms with Crippen molar-refractivity contribution in [1.82, 2.24) is 24.7 Å². The van der Waals surface area contributed by atoms with Crippen LogP contribution in [0.4, 0.5) is 11.8 Å². The number of carbonyl (C=O) groups is 1. The highest BCUT2D eigenvalue weighted by Crippen LogP contribution is 2.51. The number of fused-ring (bicyclic) bond motifs is 2. The van der Waals surface area contributed by atoms with E-state index in [2.05, 4.69) is 38.1 Å². The minimum Gasteiger partial charge on any atom is -0.382 e. The number of hydrogen-bond donors (Lipinski definition) is 3. The number of imidazole rings is 1. The molecule has 0 bridgehead atoms. The molecular weight excluding hydrogens is 532 g/mol. The lowest BCUT2D eigenvalue weighted by Crippen LogP contribution is -2.45. The Morgan fingerprint density at radius 2 is 2.00 bits per heavy atom. The van der Waals surface area contributed by atoms with Crippen molar-refractivity contribution in [3.63, 3.8) is 0 Å². The Labute approximate surface area is 235 Å². The molecule has 0 unspecified atom stereocenters. The van der Waals surface area contributed by atoms with Gasteiger partial charge in [-0.3, -0.25) is 9.20 Å². The maximum atomic E-state index is 11.5. The fraction of sp³-hybridized carbons (Fsp3) is 0.286. The number of hydrogen-bond acceptors (Lipinski definition) is 8. The van der Waals surface area contributed by atoms with Crippen LogP contribution in [-0.4, -0.2) is 45.4 Å². The first-order valence-corrected chi connectivity index (χ1v) is 13.8. The molecule has 39 heavy (non-hydrogen) atoms. The van der Waals surface area contributed by atoms with Crippen LogP contribution in [0.15, 0.2) is 58.8 Å². The zero-order chi connectivity index (χ0) is 27.1. The molecule has 11 heteroatoms. The van der Waals surface area contributed by atoms with E-state index in [1.54, 1.807) is 19.4 Å². The van der Waals surface area contributed by atoms with Crippen LogP contribution in [-0.2, 0) is 11.2 Å². The summed E-state index contributed by atoms with van der Waals surface area (Å²) in [5.74, 6) is 6.41. The van der Waals surface area contributed by atoms with Gasteiger partial charge in [0.2, 0.25) is 5.95 Å². The molecule has 6 rings (SSSR count). The Hall–Kier alpha value is -3.78. The first-order chi connectivity index (χ1) is 18.9. The van der Waals surface area contributed by atoms with Crippen LogP contribution in [0.5, 0.6) is 0 Å². The molecule has 2 aliphatic rings. The molecule has 0 saturated carbocycles. The van der Waals surface area contributed by atoms with E-state index < -0.39 is 0 Å². The van der Waals surface area contributed by atoms with Crippen LogP contribution >= 0.6 is 23.4 Å². The van der Waals surface area contributed by atoms with Crippen molar-refractivity contribution in [3.05, 3.63) is 70.8 Å². The topological polar surface area (TPSA) is 127 Å². The molecule has 1 aliphatic heterocycles. The lowest BCUT2D eigenvalue weighted by atomic mass is 9.73. The fourth-order valence-corrected chi connectivity index (χ4v) is 6.74. The van der Waals surface area contributed by atoms with Crippen LogP contribution in [0.3, 0.4) is 0 Å². The Morgan fingerprint density at radius 3 is 2.79 bits per heavy atom. The van der Waals surface area contributed by atoms with Gasteiger partial charge >= 0.3 is 0 Å². The maximum Gasteiger partial charge on any atom is 0.295 e. The molecule has 3 aromatic heterocycles. The standard InChI is InChI=1S/C28H27ClN8OS/c1-32-22(38)5-3-17-2-4-18-15-28(24(30)19(18)14-17)7-11-36(12-8-28)27-35-16-21(26-34-10-13-37(26)27)39-20-6-9-33-25(31)23(20)29/h2,4,6,9-10,13-14,16,24H,7-8,11-12,15,30H2,1H3,(H2,31,33)(H,32,38)/t24-/m1/s1. The monoisotopic (exact) mass is 558 g/mol. The largest absolute Gasteiger partial charge is 0.382 e. The Morgan fingerprint density at radius 1 is 1.18 bits per heavy atom. The summed E-state index contributed by atoms with van der Waals surface area (Å²) in [5.41, 5.74) is 16.8. The molecular formula is C28H27ClN8OS. The van der Waals surface area contributed by atoms with Crippen molar-refractivity contribution >= 4 is 46.7 Å². The van der Waals surface area contributed by atoms with Crippen LogP contribution in [0.2, 0.25) is 5.02 Å². The number of halogens is 1. The van der Waals surface area contributed by atoms with Gasteiger partial charge in [-0.25, -0.2) is 15.0 Å². The zero-order valence-corrected chi connectivity index (χ0v) is 22.9. The third-order valence-electron chi connectivity index (χ3n) is 7.75. The minimum absolute atomic E-state index is 0.00640. The normalized spacial score (nSPS) is 17.6. The van der Waals surface area contributed by atoms with E-state index in [0.717, 1.165) is 64.9 Å². The second kappa shape index (κ2) is 10.1. The average Bonchev–Trinajstić information content (AvgIpc) is 3.54. The van der Waals surface area contributed by atoms with Crippen LogP contribution in [0.1, 0.15) is 35.6 Å².